The first-order valence-electron chi connectivity index (χ1n) is 5.72. The van der Waals surface area contributed by atoms with Crippen LogP contribution in [0, 0.1) is 5.92 Å². The molecular formula is C13H20BrNO2. The maximum Gasteiger partial charge on any atom is 0.137 e. The second-order valence-corrected chi connectivity index (χ2v) is 4.94. The van der Waals surface area contributed by atoms with Crippen molar-refractivity contribution in [3.63, 3.8) is 0 Å². The zero-order valence-electron chi connectivity index (χ0n) is 10.8. The SMILES string of the molecule is CCC(C)[C@H](N)c1cc(OC)c(Br)c(OC)c1. The van der Waals surface area contributed by atoms with Crippen LogP contribution < -0.4 is 15.2 Å². The normalized spacial score (nSPS) is 14.2. The molecular weight excluding hydrogens is 282 g/mol. The standard InChI is InChI=1S/C13H20BrNO2/c1-5-8(2)13(15)9-6-10(16-3)12(14)11(7-9)17-4/h6-8,13H,5,15H2,1-4H3/t8?,13-/m0/s1. The quantitative estimate of drug-likeness (QED) is 0.905. The molecule has 0 radical (unpaired) electrons. The van der Waals surface area contributed by atoms with Gasteiger partial charge in [-0.15, -0.1) is 0 Å². The topological polar surface area (TPSA) is 44.5 Å². The van der Waals surface area contributed by atoms with Crippen molar-refractivity contribution < 1.29 is 9.47 Å². The van der Waals surface area contributed by atoms with E-state index in [0.29, 0.717) is 5.92 Å². The lowest BCUT2D eigenvalue weighted by molar-refractivity contribution is 0.384. The van der Waals surface area contributed by atoms with Crippen molar-refractivity contribution in [3.05, 3.63) is 22.2 Å². The highest BCUT2D eigenvalue weighted by molar-refractivity contribution is 9.10. The zero-order chi connectivity index (χ0) is 13.0. The molecule has 3 nitrogen and oxygen atoms in total. The van der Waals surface area contributed by atoms with Crippen LogP contribution in [0.25, 0.3) is 0 Å². The molecule has 0 spiro atoms. The molecule has 0 heterocycles. The average Bonchev–Trinajstić information content (AvgIpc) is 2.37. The third kappa shape index (κ3) is 3.13. The van der Waals surface area contributed by atoms with E-state index in [2.05, 4.69) is 29.8 Å². The summed E-state index contributed by atoms with van der Waals surface area (Å²) in [5.41, 5.74) is 7.26. The summed E-state index contributed by atoms with van der Waals surface area (Å²) in [6, 6.07) is 3.92. The first kappa shape index (κ1) is 14.3. The molecule has 0 amide bonds. The summed E-state index contributed by atoms with van der Waals surface area (Å²) in [7, 11) is 3.27. The maximum atomic E-state index is 6.22. The van der Waals surface area contributed by atoms with Gasteiger partial charge in [0.25, 0.3) is 0 Å². The van der Waals surface area contributed by atoms with Crippen molar-refractivity contribution >= 4 is 15.9 Å². The Morgan fingerprint density at radius 2 is 1.71 bits per heavy atom. The maximum absolute atomic E-state index is 6.22. The average molecular weight is 302 g/mol. The van der Waals surface area contributed by atoms with Crippen LogP contribution in [0.1, 0.15) is 31.9 Å². The number of halogens is 1. The van der Waals surface area contributed by atoms with Crippen LogP contribution in [0.4, 0.5) is 0 Å². The lowest BCUT2D eigenvalue weighted by Crippen LogP contribution is -2.18. The molecule has 0 aliphatic heterocycles. The van der Waals surface area contributed by atoms with E-state index < -0.39 is 0 Å². The Kier molecular flexibility index (Phi) is 5.28. The second kappa shape index (κ2) is 6.26. The summed E-state index contributed by atoms with van der Waals surface area (Å²) < 4.78 is 11.4. The summed E-state index contributed by atoms with van der Waals surface area (Å²) in [5.74, 6) is 1.92. The van der Waals surface area contributed by atoms with Crippen molar-refractivity contribution in [2.45, 2.75) is 26.3 Å². The number of benzene rings is 1. The van der Waals surface area contributed by atoms with Gasteiger partial charge in [-0.2, -0.15) is 0 Å². The summed E-state index contributed by atoms with van der Waals surface area (Å²) in [5, 5.41) is 0. The molecule has 96 valence electrons. The molecule has 4 heteroatoms. The highest BCUT2D eigenvalue weighted by atomic mass is 79.9. The van der Waals surface area contributed by atoms with E-state index in [0.717, 1.165) is 28.0 Å². The molecule has 0 bridgehead atoms. The smallest absolute Gasteiger partial charge is 0.137 e. The molecule has 17 heavy (non-hydrogen) atoms. The van der Waals surface area contributed by atoms with Gasteiger partial charge in [0, 0.05) is 6.04 Å². The molecule has 1 aromatic rings. The Labute approximate surface area is 111 Å². The van der Waals surface area contributed by atoms with E-state index >= 15 is 0 Å². The molecule has 0 aromatic heterocycles. The number of nitrogens with two attached hydrogens (primary N) is 1. The Morgan fingerprint density at radius 3 is 2.06 bits per heavy atom. The molecule has 0 fully saturated rings. The number of hydrogen-bond acceptors (Lipinski definition) is 3. The van der Waals surface area contributed by atoms with Gasteiger partial charge in [-0.25, -0.2) is 0 Å². The highest BCUT2D eigenvalue weighted by Gasteiger charge is 2.17. The van der Waals surface area contributed by atoms with Crippen molar-refractivity contribution in [1.82, 2.24) is 0 Å². The van der Waals surface area contributed by atoms with E-state index in [4.69, 9.17) is 15.2 Å². The molecule has 1 rings (SSSR count). The summed E-state index contributed by atoms with van der Waals surface area (Å²) >= 11 is 3.45. The van der Waals surface area contributed by atoms with Gasteiger partial charge in [-0.1, -0.05) is 20.3 Å². The van der Waals surface area contributed by atoms with E-state index in [1.165, 1.54) is 0 Å². The molecule has 0 aliphatic rings. The molecule has 1 aromatic carbocycles. The predicted molar refractivity (Wildman–Crippen MR) is 73.6 cm³/mol. The lowest BCUT2D eigenvalue weighted by atomic mass is 9.93. The van der Waals surface area contributed by atoms with Gasteiger partial charge in [0.05, 0.1) is 14.2 Å². The number of ether oxygens (including phenoxy) is 2. The van der Waals surface area contributed by atoms with E-state index in [1.54, 1.807) is 14.2 Å². The minimum atomic E-state index is -0.00380. The third-order valence-electron chi connectivity index (χ3n) is 3.11. The fourth-order valence-electron chi connectivity index (χ4n) is 1.66. The van der Waals surface area contributed by atoms with E-state index in [-0.39, 0.29) is 6.04 Å². The molecule has 0 aliphatic carbocycles. The van der Waals surface area contributed by atoms with Gasteiger partial charge < -0.3 is 15.2 Å². The molecule has 0 saturated carbocycles. The molecule has 0 saturated heterocycles. The van der Waals surface area contributed by atoms with Gasteiger partial charge >= 0.3 is 0 Å². The lowest BCUT2D eigenvalue weighted by Gasteiger charge is -2.20. The third-order valence-corrected chi connectivity index (χ3v) is 3.89. The predicted octanol–water partition coefficient (Wildman–Crippen LogP) is 3.51. The fraction of sp³-hybridized carbons (Fsp3) is 0.538. The fourth-order valence-corrected chi connectivity index (χ4v) is 2.22. The first-order chi connectivity index (χ1) is 8.04. The van der Waals surface area contributed by atoms with Gasteiger partial charge in [0.1, 0.15) is 16.0 Å². The Hall–Kier alpha value is -0.740. The van der Waals surface area contributed by atoms with Crippen molar-refractivity contribution in [1.29, 1.82) is 0 Å². The van der Waals surface area contributed by atoms with Crippen LogP contribution >= 0.6 is 15.9 Å². The Morgan fingerprint density at radius 1 is 1.24 bits per heavy atom. The largest absolute Gasteiger partial charge is 0.495 e. The first-order valence-corrected chi connectivity index (χ1v) is 6.51. The second-order valence-electron chi connectivity index (χ2n) is 4.15. The van der Waals surface area contributed by atoms with E-state index in [1.807, 2.05) is 12.1 Å². The van der Waals surface area contributed by atoms with Crippen molar-refractivity contribution in [3.8, 4) is 11.5 Å². The van der Waals surface area contributed by atoms with Crippen LogP contribution in [0.2, 0.25) is 0 Å². The van der Waals surface area contributed by atoms with Crippen molar-refractivity contribution in [2.75, 3.05) is 14.2 Å². The zero-order valence-corrected chi connectivity index (χ0v) is 12.4. The number of methoxy groups -OCH3 is 2. The molecule has 2 atom stereocenters. The van der Waals surface area contributed by atoms with Crippen LogP contribution in [0.5, 0.6) is 11.5 Å². The molecule has 2 N–H and O–H groups in total. The summed E-state index contributed by atoms with van der Waals surface area (Å²) in [6.07, 6.45) is 1.04. The Bertz CT molecular complexity index is 357. The molecule has 1 unspecified atom stereocenters. The van der Waals surface area contributed by atoms with Crippen LogP contribution in [0.15, 0.2) is 16.6 Å². The van der Waals surface area contributed by atoms with Gasteiger partial charge in [-0.3, -0.25) is 0 Å². The summed E-state index contributed by atoms with van der Waals surface area (Å²) in [4.78, 5) is 0. The monoisotopic (exact) mass is 301 g/mol. The highest BCUT2D eigenvalue weighted by Crippen LogP contribution is 2.38. The van der Waals surface area contributed by atoms with E-state index in [9.17, 15) is 0 Å². The van der Waals surface area contributed by atoms with Gasteiger partial charge in [-0.05, 0) is 39.5 Å². The number of rotatable bonds is 5. The van der Waals surface area contributed by atoms with Gasteiger partial charge in [0.2, 0.25) is 0 Å². The Balaban J connectivity index is 3.17. The minimum absolute atomic E-state index is 0.00380. The van der Waals surface area contributed by atoms with Crippen LogP contribution in [0.3, 0.4) is 0 Å². The van der Waals surface area contributed by atoms with Crippen LogP contribution in [-0.2, 0) is 0 Å². The minimum Gasteiger partial charge on any atom is -0.495 e. The van der Waals surface area contributed by atoms with Gasteiger partial charge in [0.15, 0.2) is 0 Å². The van der Waals surface area contributed by atoms with Crippen LogP contribution in [-0.4, -0.2) is 14.2 Å². The summed E-state index contributed by atoms with van der Waals surface area (Å²) in [6.45, 7) is 4.28. The number of hydrogen-bond donors (Lipinski definition) is 1. The van der Waals surface area contributed by atoms with Crippen molar-refractivity contribution in [2.24, 2.45) is 11.7 Å².